The minimum atomic E-state index is -0.960. The number of nitrogens with one attached hydrogen (secondary N) is 1. The molecule has 0 bridgehead atoms. The SMILES string of the molecule is COCCCc1cc(Nc2ncc(C3CC3)cc2C(=O)O)cc2ccn(C)c12. The second kappa shape index (κ2) is 7.64. The van der Waals surface area contributed by atoms with Gasteiger partial charge in [-0.1, -0.05) is 0 Å². The summed E-state index contributed by atoms with van der Waals surface area (Å²) in [5.74, 6) is -0.110. The lowest BCUT2D eigenvalue weighted by Gasteiger charge is -2.13. The predicted octanol–water partition coefficient (Wildman–Crippen LogP) is 4.47. The van der Waals surface area contributed by atoms with Gasteiger partial charge in [0.15, 0.2) is 0 Å². The molecule has 0 unspecified atom stereocenters. The second-order valence-electron chi connectivity index (χ2n) is 7.47. The van der Waals surface area contributed by atoms with E-state index in [4.69, 9.17) is 4.74 Å². The number of methoxy groups -OCH3 is 1. The number of rotatable bonds is 8. The molecule has 146 valence electrons. The zero-order valence-corrected chi connectivity index (χ0v) is 16.2. The van der Waals surface area contributed by atoms with Gasteiger partial charge >= 0.3 is 5.97 Å². The fraction of sp³-hybridized carbons (Fsp3) is 0.364. The van der Waals surface area contributed by atoms with Crippen LogP contribution >= 0.6 is 0 Å². The van der Waals surface area contributed by atoms with Crippen LogP contribution in [0.5, 0.6) is 0 Å². The Kier molecular flexibility index (Phi) is 5.05. The van der Waals surface area contributed by atoms with Crippen molar-refractivity contribution >= 4 is 28.4 Å². The first-order valence-corrected chi connectivity index (χ1v) is 9.64. The van der Waals surface area contributed by atoms with E-state index in [1.54, 1.807) is 19.4 Å². The number of carbonyl (C=O) groups is 1. The summed E-state index contributed by atoms with van der Waals surface area (Å²) in [6.45, 7) is 0.705. The summed E-state index contributed by atoms with van der Waals surface area (Å²) < 4.78 is 7.31. The third kappa shape index (κ3) is 3.73. The van der Waals surface area contributed by atoms with E-state index in [2.05, 4.69) is 27.0 Å². The van der Waals surface area contributed by atoms with Crippen LogP contribution in [0.2, 0.25) is 0 Å². The molecule has 6 nitrogen and oxygen atoms in total. The number of hydrogen-bond acceptors (Lipinski definition) is 4. The van der Waals surface area contributed by atoms with E-state index in [1.165, 1.54) is 11.1 Å². The molecule has 2 aromatic heterocycles. The molecule has 0 atom stereocenters. The van der Waals surface area contributed by atoms with Crippen molar-refractivity contribution in [3.63, 3.8) is 0 Å². The Balaban J connectivity index is 1.68. The molecule has 0 saturated heterocycles. The van der Waals surface area contributed by atoms with Crippen LogP contribution in [0.25, 0.3) is 10.9 Å². The van der Waals surface area contributed by atoms with Gasteiger partial charge < -0.3 is 19.7 Å². The van der Waals surface area contributed by atoms with Gasteiger partial charge in [0.05, 0.1) is 5.52 Å². The monoisotopic (exact) mass is 379 g/mol. The second-order valence-corrected chi connectivity index (χ2v) is 7.47. The van der Waals surface area contributed by atoms with Gasteiger partial charge in [0.2, 0.25) is 0 Å². The van der Waals surface area contributed by atoms with Gasteiger partial charge in [0.1, 0.15) is 11.4 Å². The molecule has 3 aromatic rings. The third-order valence-electron chi connectivity index (χ3n) is 5.29. The Morgan fingerprint density at radius 3 is 2.89 bits per heavy atom. The number of pyridine rings is 1. The van der Waals surface area contributed by atoms with Gasteiger partial charge in [-0.3, -0.25) is 0 Å². The molecular weight excluding hydrogens is 354 g/mol. The molecule has 1 aromatic carbocycles. The van der Waals surface area contributed by atoms with E-state index < -0.39 is 5.97 Å². The van der Waals surface area contributed by atoms with Gasteiger partial charge in [-0.15, -0.1) is 0 Å². The maximum absolute atomic E-state index is 11.8. The van der Waals surface area contributed by atoms with Gasteiger partial charge in [-0.2, -0.15) is 0 Å². The molecule has 6 heteroatoms. The number of hydrogen-bond donors (Lipinski definition) is 2. The van der Waals surface area contributed by atoms with Crippen molar-refractivity contribution in [1.29, 1.82) is 0 Å². The van der Waals surface area contributed by atoms with Gasteiger partial charge in [-0.05, 0) is 67.0 Å². The molecule has 4 rings (SSSR count). The van der Waals surface area contributed by atoms with Crippen molar-refractivity contribution in [3.8, 4) is 0 Å². The molecule has 0 spiro atoms. The largest absolute Gasteiger partial charge is 0.478 e. The number of anilines is 2. The first kappa shape index (κ1) is 18.5. The predicted molar refractivity (Wildman–Crippen MR) is 110 cm³/mol. The maximum Gasteiger partial charge on any atom is 0.339 e. The highest BCUT2D eigenvalue weighted by Gasteiger charge is 2.26. The van der Waals surface area contributed by atoms with Crippen LogP contribution < -0.4 is 5.32 Å². The quantitative estimate of drug-likeness (QED) is 0.565. The molecule has 0 aliphatic heterocycles. The van der Waals surface area contributed by atoms with E-state index in [1.807, 2.05) is 19.3 Å². The topological polar surface area (TPSA) is 76.4 Å². The van der Waals surface area contributed by atoms with E-state index in [0.29, 0.717) is 18.3 Å². The Labute approximate surface area is 164 Å². The van der Waals surface area contributed by atoms with Crippen molar-refractivity contribution in [3.05, 3.63) is 53.3 Å². The average molecular weight is 379 g/mol. The first-order valence-electron chi connectivity index (χ1n) is 9.64. The smallest absolute Gasteiger partial charge is 0.339 e. The summed E-state index contributed by atoms with van der Waals surface area (Å²) in [4.78, 5) is 16.2. The minimum Gasteiger partial charge on any atom is -0.478 e. The molecule has 1 aliphatic carbocycles. The molecule has 0 radical (unpaired) electrons. The van der Waals surface area contributed by atoms with Crippen LogP contribution in [0.4, 0.5) is 11.5 Å². The van der Waals surface area contributed by atoms with Crippen LogP contribution in [0.1, 0.15) is 46.7 Å². The third-order valence-corrected chi connectivity index (χ3v) is 5.29. The fourth-order valence-electron chi connectivity index (χ4n) is 3.73. The Hall–Kier alpha value is -2.86. The van der Waals surface area contributed by atoms with Crippen LogP contribution in [-0.2, 0) is 18.2 Å². The zero-order valence-electron chi connectivity index (χ0n) is 16.2. The summed E-state index contributed by atoms with van der Waals surface area (Å²) >= 11 is 0. The summed E-state index contributed by atoms with van der Waals surface area (Å²) in [5.41, 5.74) is 4.48. The molecular formula is C22H25N3O3. The summed E-state index contributed by atoms with van der Waals surface area (Å²) in [6.07, 6.45) is 7.88. The van der Waals surface area contributed by atoms with Crippen LogP contribution in [0.3, 0.4) is 0 Å². The van der Waals surface area contributed by atoms with E-state index in [0.717, 1.165) is 42.3 Å². The average Bonchev–Trinajstić information content (AvgIpc) is 3.45. The zero-order chi connectivity index (χ0) is 19.7. The van der Waals surface area contributed by atoms with Crippen LogP contribution in [0.15, 0.2) is 36.7 Å². The standard InChI is InChI=1S/C22H25N3O3/c1-25-8-7-16-11-18(10-15(20(16)25)4-3-9-28-2)24-21-19(22(26)27)12-17(13-23-21)14-5-6-14/h7-8,10-14H,3-6,9H2,1-2H3,(H,23,24)(H,26,27). The summed E-state index contributed by atoms with van der Waals surface area (Å²) in [5, 5.41) is 14.0. The Morgan fingerprint density at radius 2 is 2.18 bits per heavy atom. The maximum atomic E-state index is 11.8. The van der Waals surface area contributed by atoms with E-state index in [9.17, 15) is 9.90 Å². The fourth-order valence-corrected chi connectivity index (χ4v) is 3.73. The van der Waals surface area contributed by atoms with Crippen molar-refractivity contribution in [2.24, 2.45) is 7.05 Å². The lowest BCUT2D eigenvalue weighted by Crippen LogP contribution is -2.06. The van der Waals surface area contributed by atoms with E-state index in [-0.39, 0.29) is 5.56 Å². The van der Waals surface area contributed by atoms with Crippen LogP contribution in [-0.4, -0.2) is 34.3 Å². The number of ether oxygens (including phenoxy) is 1. The number of aromatic nitrogens is 2. The number of aryl methyl sites for hydroxylation is 2. The normalized spacial score (nSPS) is 13.8. The van der Waals surface area contributed by atoms with Crippen molar-refractivity contribution < 1.29 is 14.6 Å². The Morgan fingerprint density at radius 1 is 1.36 bits per heavy atom. The number of fused-ring (bicyclic) bond motifs is 1. The number of nitrogens with zero attached hydrogens (tertiary/aromatic N) is 2. The van der Waals surface area contributed by atoms with E-state index >= 15 is 0 Å². The van der Waals surface area contributed by atoms with Crippen molar-refractivity contribution in [2.75, 3.05) is 19.0 Å². The molecule has 1 saturated carbocycles. The summed E-state index contributed by atoms with van der Waals surface area (Å²) in [7, 11) is 3.75. The Bertz CT molecular complexity index is 1020. The lowest BCUT2D eigenvalue weighted by molar-refractivity contribution is 0.0697. The van der Waals surface area contributed by atoms with Crippen molar-refractivity contribution in [2.45, 2.75) is 31.6 Å². The van der Waals surface area contributed by atoms with Crippen molar-refractivity contribution in [1.82, 2.24) is 9.55 Å². The molecule has 1 fully saturated rings. The summed E-state index contributed by atoms with van der Waals surface area (Å²) in [6, 6.07) is 7.95. The highest BCUT2D eigenvalue weighted by molar-refractivity contribution is 5.95. The number of carboxylic acids is 1. The first-order chi connectivity index (χ1) is 13.6. The molecule has 2 heterocycles. The number of aromatic carboxylic acids is 1. The van der Waals surface area contributed by atoms with Gasteiger partial charge in [0, 0.05) is 44.2 Å². The minimum absolute atomic E-state index is 0.221. The van der Waals surface area contributed by atoms with Gasteiger partial charge in [0.25, 0.3) is 0 Å². The van der Waals surface area contributed by atoms with Gasteiger partial charge in [-0.25, -0.2) is 9.78 Å². The number of carboxylic acid groups (broad SMARTS) is 1. The molecule has 2 N–H and O–H groups in total. The highest BCUT2D eigenvalue weighted by Crippen LogP contribution is 2.40. The lowest BCUT2D eigenvalue weighted by atomic mass is 10.0. The molecule has 28 heavy (non-hydrogen) atoms. The molecule has 0 amide bonds. The van der Waals surface area contributed by atoms with Crippen LogP contribution in [0, 0.1) is 0 Å². The molecule has 1 aliphatic rings. The highest BCUT2D eigenvalue weighted by atomic mass is 16.5. The number of benzene rings is 1.